The molecular formula is C43H51FN8O3. The summed E-state index contributed by atoms with van der Waals surface area (Å²) in [4.78, 5) is 38.3. The van der Waals surface area contributed by atoms with Gasteiger partial charge < -0.3 is 25.6 Å². The van der Waals surface area contributed by atoms with E-state index in [1.807, 2.05) is 42.9 Å². The van der Waals surface area contributed by atoms with Gasteiger partial charge in [-0.2, -0.15) is 5.10 Å². The summed E-state index contributed by atoms with van der Waals surface area (Å²) in [6, 6.07) is 20.0. The molecular weight excluding hydrogens is 696 g/mol. The topological polar surface area (TPSA) is 122 Å². The zero-order valence-corrected chi connectivity index (χ0v) is 32.1. The molecule has 4 heterocycles. The molecule has 2 saturated heterocycles. The standard InChI is InChI=1S/C43H51FN8O3/c1-4-38-37(40(47-34-15-21-55-22-16-34)36-25-46-52(5-2)42(36)48-38)28-51(43(54)32-12-7-11-31(24-32)41(45)53)27-33-13-8-14-35(39(33)44)30-10-6-9-29(23-30)26-50-19-17-49(3)18-20-50/h6-14,23-25,34H,4-5,15-22,26-28H2,1-3H3,(H2,45,53)(H,47,48). The number of nitrogens with one attached hydrogen (secondary N) is 1. The number of nitrogens with two attached hydrogens (primary N) is 1. The fourth-order valence-corrected chi connectivity index (χ4v) is 7.69. The largest absolute Gasteiger partial charge is 0.381 e. The fraction of sp³-hybridized carbons (Fsp3) is 0.395. The number of carbonyl (C=O) groups excluding carboxylic acids is 2. The number of aromatic nitrogens is 3. The number of fused-ring (bicyclic) bond motifs is 1. The molecule has 0 aliphatic carbocycles. The first kappa shape index (κ1) is 38.1. The molecule has 7 rings (SSSR count). The van der Waals surface area contributed by atoms with E-state index in [2.05, 4.69) is 39.4 Å². The van der Waals surface area contributed by atoms with Crippen molar-refractivity contribution in [3.05, 3.63) is 112 Å². The lowest BCUT2D eigenvalue weighted by Crippen LogP contribution is -2.43. The summed E-state index contributed by atoms with van der Waals surface area (Å²) in [6.07, 6.45) is 4.11. The van der Waals surface area contributed by atoms with Crippen LogP contribution in [0.15, 0.2) is 72.9 Å². The number of primary amides is 1. The molecule has 0 unspecified atom stereocenters. The maximum atomic E-state index is 16.8. The average Bonchev–Trinajstić information content (AvgIpc) is 3.63. The van der Waals surface area contributed by atoms with E-state index < -0.39 is 5.91 Å². The van der Waals surface area contributed by atoms with Gasteiger partial charge in [-0.3, -0.25) is 14.5 Å². The van der Waals surface area contributed by atoms with E-state index in [1.165, 1.54) is 6.07 Å². The molecule has 0 saturated carbocycles. The third-order valence-corrected chi connectivity index (χ3v) is 10.9. The van der Waals surface area contributed by atoms with Gasteiger partial charge in [0.05, 0.1) is 23.8 Å². The Kier molecular flexibility index (Phi) is 11.8. The highest BCUT2D eigenvalue weighted by molar-refractivity contribution is 5.99. The predicted octanol–water partition coefficient (Wildman–Crippen LogP) is 6.10. The number of rotatable bonds is 13. The molecule has 11 nitrogen and oxygen atoms in total. The van der Waals surface area contributed by atoms with Gasteiger partial charge in [0.2, 0.25) is 5.91 Å². The Morgan fingerprint density at radius 1 is 0.964 bits per heavy atom. The van der Waals surface area contributed by atoms with Gasteiger partial charge in [-0.15, -0.1) is 0 Å². The van der Waals surface area contributed by atoms with E-state index >= 15 is 4.39 Å². The SMILES string of the molecule is CCc1nc2c(cnn2CC)c(NC2CCOCC2)c1CN(Cc1cccc(-c2cccc(CN3CCN(C)CC3)c2)c1F)C(=O)c1cccc(C(N)=O)c1. The number of pyridine rings is 1. The second-order valence-electron chi connectivity index (χ2n) is 14.7. The summed E-state index contributed by atoms with van der Waals surface area (Å²) in [5.41, 5.74) is 12.2. The van der Waals surface area contributed by atoms with Crippen LogP contribution in [0.2, 0.25) is 0 Å². The molecule has 0 atom stereocenters. The number of hydrogen-bond acceptors (Lipinski definition) is 8. The molecule has 2 aliphatic rings. The minimum Gasteiger partial charge on any atom is -0.381 e. The van der Waals surface area contributed by atoms with Crippen LogP contribution in [0.3, 0.4) is 0 Å². The summed E-state index contributed by atoms with van der Waals surface area (Å²) in [5.74, 6) is -1.36. The van der Waals surface area contributed by atoms with E-state index in [1.54, 1.807) is 35.2 Å². The van der Waals surface area contributed by atoms with Crippen molar-refractivity contribution in [1.29, 1.82) is 0 Å². The normalized spacial score (nSPS) is 15.7. The second-order valence-corrected chi connectivity index (χ2v) is 14.7. The number of benzene rings is 3. The maximum Gasteiger partial charge on any atom is 0.254 e. The Bertz CT molecular complexity index is 2160. The van der Waals surface area contributed by atoms with Gasteiger partial charge in [0.25, 0.3) is 5.91 Å². The first-order chi connectivity index (χ1) is 26.7. The number of nitrogens with zero attached hydrogens (tertiary/aromatic N) is 6. The summed E-state index contributed by atoms with van der Waals surface area (Å²) >= 11 is 0. The Balaban J connectivity index is 1.27. The fourth-order valence-electron chi connectivity index (χ4n) is 7.69. The lowest BCUT2D eigenvalue weighted by Gasteiger charge is -2.32. The van der Waals surface area contributed by atoms with Crippen LogP contribution in [0.4, 0.5) is 10.1 Å². The molecule has 3 aromatic carbocycles. The lowest BCUT2D eigenvalue weighted by atomic mass is 9.99. The highest BCUT2D eigenvalue weighted by Crippen LogP contribution is 2.34. The summed E-state index contributed by atoms with van der Waals surface area (Å²) in [6.45, 7) is 11.0. The van der Waals surface area contributed by atoms with E-state index in [9.17, 15) is 9.59 Å². The second kappa shape index (κ2) is 17.1. The number of carbonyl (C=O) groups is 2. The molecule has 0 bridgehead atoms. The molecule has 0 radical (unpaired) electrons. The van der Waals surface area contributed by atoms with Crippen LogP contribution in [0.25, 0.3) is 22.2 Å². The number of aryl methyl sites for hydroxylation is 2. The van der Waals surface area contributed by atoms with Crippen LogP contribution in [-0.4, -0.2) is 93.8 Å². The number of likely N-dealkylation sites (N-methyl/N-ethyl adjacent to an activating group) is 1. The number of amides is 2. The Labute approximate surface area is 322 Å². The van der Waals surface area contributed by atoms with Crippen molar-refractivity contribution in [3.63, 3.8) is 0 Å². The van der Waals surface area contributed by atoms with Gasteiger partial charge in [-0.1, -0.05) is 49.4 Å². The Morgan fingerprint density at radius 3 is 2.45 bits per heavy atom. The van der Waals surface area contributed by atoms with E-state index in [-0.39, 0.29) is 42.0 Å². The predicted molar refractivity (Wildman–Crippen MR) is 213 cm³/mol. The molecule has 2 amide bonds. The lowest BCUT2D eigenvalue weighted by molar-refractivity contribution is 0.0728. The highest BCUT2D eigenvalue weighted by Gasteiger charge is 2.27. The minimum atomic E-state index is -0.631. The van der Waals surface area contributed by atoms with E-state index in [0.29, 0.717) is 37.3 Å². The van der Waals surface area contributed by atoms with E-state index in [4.69, 9.17) is 15.5 Å². The van der Waals surface area contributed by atoms with Crippen molar-refractivity contribution in [1.82, 2.24) is 29.5 Å². The van der Waals surface area contributed by atoms with Crippen molar-refractivity contribution in [3.8, 4) is 11.1 Å². The van der Waals surface area contributed by atoms with Crippen LogP contribution in [0.5, 0.6) is 0 Å². The number of piperazine rings is 1. The summed E-state index contributed by atoms with van der Waals surface area (Å²) < 4.78 is 24.4. The molecule has 0 spiro atoms. The van der Waals surface area contributed by atoms with Crippen molar-refractivity contribution in [2.24, 2.45) is 5.73 Å². The third-order valence-electron chi connectivity index (χ3n) is 10.9. The van der Waals surface area contributed by atoms with Crippen LogP contribution in [0.1, 0.15) is 69.8 Å². The first-order valence-corrected chi connectivity index (χ1v) is 19.4. The van der Waals surface area contributed by atoms with Gasteiger partial charge in [0, 0.05) is 98.6 Å². The number of hydrogen-bond donors (Lipinski definition) is 2. The monoisotopic (exact) mass is 746 g/mol. The number of ether oxygens (including phenoxy) is 1. The van der Waals surface area contributed by atoms with Gasteiger partial charge in [-0.25, -0.2) is 14.1 Å². The van der Waals surface area contributed by atoms with Crippen molar-refractivity contribution < 1.29 is 18.7 Å². The van der Waals surface area contributed by atoms with Gasteiger partial charge in [0.1, 0.15) is 5.82 Å². The Hall–Kier alpha value is -5.17. The maximum absolute atomic E-state index is 16.8. The quantitative estimate of drug-likeness (QED) is 0.148. The van der Waals surface area contributed by atoms with Crippen molar-refractivity contribution >= 4 is 28.5 Å². The van der Waals surface area contributed by atoms with Crippen LogP contribution < -0.4 is 11.1 Å². The molecule has 2 fully saturated rings. The zero-order valence-electron chi connectivity index (χ0n) is 32.1. The third kappa shape index (κ3) is 8.56. The summed E-state index contributed by atoms with van der Waals surface area (Å²) in [5, 5.41) is 9.31. The summed E-state index contributed by atoms with van der Waals surface area (Å²) in [7, 11) is 2.14. The van der Waals surface area contributed by atoms with E-state index in [0.717, 1.165) is 84.7 Å². The van der Waals surface area contributed by atoms with Crippen LogP contribution in [0, 0.1) is 5.82 Å². The van der Waals surface area contributed by atoms with Gasteiger partial charge >= 0.3 is 0 Å². The zero-order chi connectivity index (χ0) is 38.5. The molecule has 2 aromatic heterocycles. The number of halogens is 1. The van der Waals surface area contributed by atoms with Crippen molar-refractivity contribution in [2.75, 3.05) is 51.8 Å². The first-order valence-electron chi connectivity index (χ1n) is 19.4. The average molecular weight is 747 g/mol. The van der Waals surface area contributed by atoms with Crippen LogP contribution in [-0.2, 0) is 37.3 Å². The highest BCUT2D eigenvalue weighted by atomic mass is 19.1. The minimum absolute atomic E-state index is 0.0214. The molecule has 2 aliphatic heterocycles. The smallest absolute Gasteiger partial charge is 0.254 e. The van der Waals surface area contributed by atoms with Gasteiger partial charge in [-0.05, 0) is 68.6 Å². The number of anilines is 1. The molecule has 3 N–H and O–H groups in total. The Morgan fingerprint density at radius 2 is 1.71 bits per heavy atom. The molecule has 288 valence electrons. The van der Waals surface area contributed by atoms with Gasteiger partial charge in [0.15, 0.2) is 5.65 Å². The molecule has 12 heteroatoms. The van der Waals surface area contributed by atoms with Crippen molar-refractivity contribution in [2.45, 2.75) is 65.3 Å². The molecule has 5 aromatic rings. The van der Waals surface area contributed by atoms with Crippen LogP contribution >= 0.6 is 0 Å². The molecule has 55 heavy (non-hydrogen) atoms.